The van der Waals surface area contributed by atoms with Crippen molar-refractivity contribution in [3.8, 4) is 0 Å². The molecule has 0 N–H and O–H groups in total. The van der Waals surface area contributed by atoms with E-state index in [1.165, 1.54) is 12.6 Å². The van der Waals surface area contributed by atoms with Crippen LogP contribution in [-0.4, -0.2) is 31.8 Å². The first-order valence-electron chi connectivity index (χ1n) is 7.42. The second kappa shape index (κ2) is 11.0. The molecule has 123 valence electrons. The van der Waals surface area contributed by atoms with Gasteiger partial charge in [-0.2, -0.15) is 0 Å². The Kier molecular flexibility index (Phi) is 13.5. The molecule has 0 aromatic carbocycles. The van der Waals surface area contributed by atoms with Crippen molar-refractivity contribution in [3.05, 3.63) is 0 Å². The van der Waals surface area contributed by atoms with Gasteiger partial charge in [0.2, 0.25) is 0 Å². The summed E-state index contributed by atoms with van der Waals surface area (Å²) in [6, 6.07) is 0. The Morgan fingerprint density at radius 2 is 1.10 bits per heavy atom. The summed E-state index contributed by atoms with van der Waals surface area (Å²) in [6.45, 7) is 19.1. The van der Waals surface area contributed by atoms with Gasteiger partial charge in [0.05, 0.1) is 0 Å². The Bertz CT molecular complexity index is 240. The van der Waals surface area contributed by atoms with E-state index in [0.29, 0.717) is 0 Å². The van der Waals surface area contributed by atoms with Crippen molar-refractivity contribution in [2.45, 2.75) is 87.4 Å². The van der Waals surface area contributed by atoms with Gasteiger partial charge in [0, 0.05) is 0 Å². The summed E-state index contributed by atoms with van der Waals surface area (Å²) in [4.78, 5) is 0. The minimum absolute atomic E-state index is 0. The van der Waals surface area contributed by atoms with Gasteiger partial charge >= 0.3 is 16.8 Å². The average molecular weight is 493 g/mol. The Balaban J connectivity index is 0. The third-order valence-corrected chi connectivity index (χ3v) is 13.3. The largest absolute Gasteiger partial charge is 2.00 e. The number of hydrogen-bond acceptors (Lipinski definition) is 0. The van der Waals surface area contributed by atoms with Crippen LogP contribution in [0, 0.1) is 0 Å². The summed E-state index contributed by atoms with van der Waals surface area (Å²) < 4.78 is 0.169. The zero-order valence-electron chi connectivity index (χ0n) is 14.2. The summed E-state index contributed by atoms with van der Waals surface area (Å²) in [5, 5.41) is 0. The Hall–Kier alpha value is 2.33. The van der Waals surface area contributed by atoms with E-state index in [2.05, 4.69) is 87.2 Å². The summed E-state index contributed by atoms with van der Waals surface area (Å²) in [7, 11) is 0.0966. The van der Waals surface area contributed by atoms with Crippen LogP contribution in [0.4, 0.5) is 0 Å². The maximum Gasteiger partial charge on any atom is 2.00 e. The molecule has 0 aromatic heterocycles. The number of rotatable bonds is 8. The van der Waals surface area contributed by atoms with Gasteiger partial charge in [-0.1, -0.05) is 95.2 Å². The van der Waals surface area contributed by atoms with E-state index in [9.17, 15) is 0 Å². The number of alkyl halides is 2. The molecule has 1 radical (unpaired) electrons. The monoisotopic (exact) mass is 491 g/mol. The van der Waals surface area contributed by atoms with E-state index in [1.54, 1.807) is 0 Å². The second-order valence-electron chi connectivity index (χ2n) is 6.44. The molecule has 0 aliphatic carbocycles. The van der Waals surface area contributed by atoms with Crippen molar-refractivity contribution in [1.29, 1.82) is 0 Å². The topological polar surface area (TPSA) is 0 Å². The molecule has 0 bridgehead atoms. The zero-order chi connectivity index (χ0) is 15.4. The average Bonchev–Trinajstić information content (AvgIpc) is 2.13. The van der Waals surface area contributed by atoms with Crippen LogP contribution in [0.25, 0.3) is 0 Å². The van der Waals surface area contributed by atoms with E-state index < -0.39 is 0 Å². The van der Waals surface area contributed by atoms with Crippen LogP contribution < -0.4 is 0 Å². The fourth-order valence-electron chi connectivity index (χ4n) is 2.86. The predicted molar refractivity (Wildman–Crippen MR) is 104 cm³/mol. The molecule has 0 fully saturated rings. The standard InChI is InChI=1S/C15H32Br2P2.Co/c1-11(2)18(12(3)4)10-9-15(16,17)19(13(5)6)14(7)8;/h11-14H,9-10H2,1-8H3;/q;+2. The van der Waals surface area contributed by atoms with E-state index >= 15 is 0 Å². The predicted octanol–water partition coefficient (Wildman–Crippen LogP) is 7.42. The van der Waals surface area contributed by atoms with Gasteiger partial charge in [0.1, 0.15) is 2.97 Å². The van der Waals surface area contributed by atoms with E-state index in [0.717, 1.165) is 22.6 Å². The van der Waals surface area contributed by atoms with E-state index in [-0.39, 0.29) is 35.6 Å². The Morgan fingerprint density at radius 1 is 0.750 bits per heavy atom. The van der Waals surface area contributed by atoms with Crippen molar-refractivity contribution in [1.82, 2.24) is 0 Å². The van der Waals surface area contributed by atoms with Crippen molar-refractivity contribution >= 4 is 47.7 Å². The van der Waals surface area contributed by atoms with Gasteiger partial charge < -0.3 is 0 Å². The molecular formula is C15H32Br2CoP2+2. The third-order valence-electron chi connectivity index (χ3n) is 3.49. The van der Waals surface area contributed by atoms with Crippen molar-refractivity contribution in [2.75, 3.05) is 6.16 Å². The molecule has 0 aliphatic rings. The van der Waals surface area contributed by atoms with Crippen LogP contribution in [-0.2, 0) is 16.8 Å². The van der Waals surface area contributed by atoms with Crippen LogP contribution in [0.1, 0.15) is 61.8 Å². The summed E-state index contributed by atoms with van der Waals surface area (Å²) >= 11 is 8.06. The summed E-state index contributed by atoms with van der Waals surface area (Å²) in [5.74, 6) is 0. The Morgan fingerprint density at radius 3 is 1.35 bits per heavy atom. The first-order chi connectivity index (χ1) is 8.50. The van der Waals surface area contributed by atoms with Crippen LogP contribution in [0.2, 0.25) is 0 Å². The molecule has 0 aromatic rings. The zero-order valence-corrected chi connectivity index (χ0v) is 20.2. The van der Waals surface area contributed by atoms with Gasteiger partial charge in [-0.25, -0.2) is 0 Å². The Labute approximate surface area is 157 Å². The summed E-state index contributed by atoms with van der Waals surface area (Å²) in [6.07, 6.45) is 2.64. The van der Waals surface area contributed by atoms with Crippen LogP contribution >= 0.6 is 47.7 Å². The number of halogens is 2. The normalized spacial score (nSPS) is 13.2. The molecule has 0 unspecified atom stereocenters. The molecule has 0 saturated carbocycles. The molecule has 0 rings (SSSR count). The molecule has 5 heteroatoms. The van der Waals surface area contributed by atoms with Crippen molar-refractivity contribution in [3.63, 3.8) is 0 Å². The molecule has 0 heterocycles. The molecule has 20 heavy (non-hydrogen) atoms. The van der Waals surface area contributed by atoms with Gasteiger partial charge in [-0.05, 0) is 35.2 Å². The summed E-state index contributed by atoms with van der Waals surface area (Å²) in [5.41, 5.74) is 3.21. The van der Waals surface area contributed by atoms with Gasteiger partial charge in [0.15, 0.2) is 0 Å². The molecule has 0 amide bonds. The quantitative estimate of drug-likeness (QED) is 0.244. The third kappa shape index (κ3) is 8.26. The number of hydrogen-bond donors (Lipinski definition) is 0. The smallest absolute Gasteiger partial charge is 0.101 e. The van der Waals surface area contributed by atoms with Gasteiger partial charge in [-0.3, -0.25) is 0 Å². The minimum Gasteiger partial charge on any atom is -0.101 e. The first kappa shape index (κ1) is 24.6. The van der Waals surface area contributed by atoms with E-state index in [1.807, 2.05) is 0 Å². The van der Waals surface area contributed by atoms with Crippen molar-refractivity contribution in [2.24, 2.45) is 0 Å². The molecule has 0 saturated heterocycles. The molecule has 0 spiro atoms. The van der Waals surface area contributed by atoms with Crippen LogP contribution in [0.3, 0.4) is 0 Å². The van der Waals surface area contributed by atoms with Crippen LogP contribution in [0.15, 0.2) is 0 Å². The maximum atomic E-state index is 4.03. The fourth-order valence-corrected chi connectivity index (χ4v) is 14.8. The molecular weight excluding hydrogens is 461 g/mol. The SMILES string of the molecule is CC(C)P(CCC(Br)(Br)P(C(C)C)C(C)C)C(C)C.[Co+2]. The second-order valence-corrected chi connectivity index (χ2v) is 18.6. The fraction of sp³-hybridized carbons (Fsp3) is 1.00. The van der Waals surface area contributed by atoms with Crippen molar-refractivity contribution < 1.29 is 16.8 Å². The molecule has 0 nitrogen and oxygen atoms in total. The van der Waals surface area contributed by atoms with Crippen LogP contribution in [0.5, 0.6) is 0 Å². The first-order valence-corrected chi connectivity index (χ1v) is 12.2. The van der Waals surface area contributed by atoms with Gasteiger partial charge in [0.25, 0.3) is 0 Å². The minimum atomic E-state index is -0.0474. The van der Waals surface area contributed by atoms with Gasteiger partial charge in [-0.15, -0.1) is 7.92 Å². The van der Waals surface area contributed by atoms with E-state index in [4.69, 9.17) is 0 Å². The molecule has 0 atom stereocenters. The maximum absolute atomic E-state index is 4.03. The molecule has 0 aliphatic heterocycles.